The fraction of sp³-hybridized carbons (Fsp3) is 0.909. The number of hydrogen-bond donors (Lipinski definition) is 2. The molecule has 0 aromatic rings. The van der Waals surface area contributed by atoms with Crippen LogP contribution < -0.4 is 10.6 Å². The fourth-order valence-electron chi connectivity index (χ4n) is 2.23. The lowest BCUT2D eigenvalue weighted by molar-refractivity contribution is 0.166. The molecule has 1 fully saturated rings. The molecule has 1 saturated carbocycles. The maximum absolute atomic E-state index is 10.9. The number of nitrogens with one attached hydrogen (secondary N) is 2. The average Bonchev–Trinajstić information content (AvgIpc) is 2.28. The average molecular weight is 214 g/mol. The summed E-state index contributed by atoms with van der Waals surface area (Å²) in [6.45, 7) is 1.89. The van der Waals surface area contributed by atoms with Crippen molar-refractivity contribution in [3.05, 3.63) is 0 Å². The maximum atomic E-state index is 10.9. The number of amides is 1. The van der Waals surface area contributed by atoms with Gasteiger partial charge in [-0.1, -0.05) is 0 Å². The first-order valence-electron chi connectivity index (χ1n) is 5.72. The molecule has 0 heterocycles. The largest absolute Gasteiger partial charge is 0.453 e. The predicted molar refractivity (Wildman–Crippen MR) is 59.8 cm³/mol. The molecule has 88 valence electrons. The summed E-state index contributed by atoms with van der Waals surface area (Å²) in [5.41, 5.74) is 0. The first-order chi connectivity index (χ1) is 7.26. The van der Waals surface area contributed by atoms with Gasteiger partial charge in [-0.15, -0.1) is 0 Å². The molecule has 1 rings (SSSR count). The van der Waals surface area contributed by atoms with Gasteiger partial charge < -0.3 is 15.4 Å². The smallest absolute Gasteiger partial charge is 0.406 e. The number of rotatable bonds is 4. The number of ether oxygens (including phenoxy) is 1. The van der Waals surface area contributed by atoms with Gasteiger partial charge >= 0.3 is 6.09 Å². The van der Waals surface area contributed by atoms with E-state index in [-0.39, 0.29) is 6.09 Å². The van der Waals surface area contributed by atoms with Crippen LogP contribution in [-0.2, 0) is 4.74 Å². The second-order valence-corrected chi connectivity index (χ2v) is 4.32. The van der Waals surface area contributed by atoms with Gasteiger partial charge in [0.15, 0.2) is 0 Å². The highest BCUT2D eigenvalue weighted by atomic mass is 16.5. The van der Waals surface area contributed by atoms with E-state index < -0.39 is 0 Å². The highest BCUT2D eigenvalue weighted by Gasteiger charge is 2.20. The van der Waals surface area contributed by atoms with Crippen LogP contribution in [0.3, 0.4) is 0 Å². The quantitative estimate of drug-likeness (QED) is 0.743. The number of carbonyl (C=O) groups is 1. The van der Waals surface area contributed by atoms with Crippen molar-refractivity contribution in [1.82, 2.24) is 10.6 Å². The second-order valence-electron chi connectivity index (χ2n) is 4.32. The monoisotopic (exact) mass is 214 g/mol. The molecule has 0 aromatic heterocycles. The topological polar surface area (TPSA) is 50.4 Å². The molecule has 0 radical (unpaired) electrons. The van der Waals surface area contributed by atoms with E-state index in [0.29, 0.717) is 5.92 Å². The van der Waals surface area contributed by atoms with Crippen LogP contribution in [0, 0.1) is 11.8 Å². The van der Waals surface area contributed by atoms with Crippen LogP contribution in [0.4, 0.5) is 4.79 Å². The van der Waals surface area contributed by atoms with Crippen LogP contribution in [0.15, 0.2) is 0 Å². The van der Waals surface area contributed by atoms with Gasteiger partial charge in [0, 0.05) is 6.54 Å². The summed E-state index contributed by atoms with van der Waals surface area (Å²) in [4.78, 5) is 10.9. The summed E-state index contributed by atoms with van der Waals surface area (Å²) in [6.07, 6.45) is 4.67. The first-order valence-corrected chi connectivity index (χ1v) is 5.72. The molecule has 4 heteroatoms. The fourth-order valence-corrected chi connectivity index (χ4v) is 2.23. The van der Waals surface area contributed by atoms with Crippen LogP contribution in [0.2, 0.25) is 0 Å². The molecule has 0 aromatic carbocycles. The predicted octanol–water partition coefficient (Wildman–Crippen LogP) is 1.37. The van der Waals surface area contributed by atoms with E-state index >= 15 is 0 Å². The van der Waals surface area contributed by atoms with Gasteiger partial charge in [0.05, 0.1) is 7.11 Å². The highest BCUT2D eigenvalue weighted by molar-refractivity contribution is 5.66. The Morgan fingerprint density at radius 1 is 1.20 bits per heavy atom. The van der Waals surface area contributed by atoms with E-state index in [1.54, 1.807) is 0 Å². The number of alkyl carbamates (subject to hydrolysis) is 1. The molecule has 4 nitrogen and oxygen atoms in total. The molecule has 15 heavy (non-hydrogen) atoms. The van der Waals surface area contributed by atoms with E-state index in [9.17, 15) is 4.79 Å². The van der Waals surface area contributed by atoms with Crippen LogP contribution in [-0.4, -0.2) is 33.3 Å². The summed E-state index contributed by atoms with van der Waals surface area (Å²) < 4.78 is 4.54. The molecule has 1 aliphatic rings. The molecular weight excluding hydrogens is 192 g/mol. The maximum Gasteiger partial charge on any atom is 0.406 e. The van der Waals surface area contributed by atoms with Crippen molar-refractivity contribution in [2.45, 2.75) is 25.7 Å². The molecule has 0 spiro atoms. The number of carbonyl (C=O) groups excluding carboxylic acids is 1. The van der Waals surface area contributed by atoms with Gasteiger partial charge in [-0.05, 0) is 51.1 Å². The zero-order valence-corrected chi connectivity index (χ0v) is 9.71. The molecule has 0 saturated heterocycles. The van der Waals surface area contributed by atoms with Crippen molar-refractivity contribution in [3.8, 4) is 0 Å². The summed E-state index contributed by atoms with van der Waals surface area (Å²) in [6, 6.07) is 0. The van der Waals surface area contributed by atoms with Gasteiger partial charge in [-0.3, -0.25) is 0 Å². The number of methoxy groups -OCH3 is 1. The lowest BCUT2D eigenvalue weighted by Gasteiger charge is -2.28. The first kappa shape index (κ1) is 12.3. The Kier molecular flexibility index (Phi) is 5.47. The van der Waals surface area contributed by atoms with Gasteiger partial charge in [0.2, 0.25) is 0 Å². The molecule has 0 aliphatic heterocycles. The molecule has 2 N–H and O–H groups in total. The van der Waals surface area contributed by atoms with E-state index in [4.69, 9.17) is 0 Å². The van der Waals surface area contributed by atoms with E-state index in [0.717, 1.165) is 19.0 Å². The molecule has 1 aliphatic carbocycles. The summed E-state index contributed by atoms with van der Waals surface area (Å²) in [7, 11) is 3.41. The Morgan fingerprint density at radius 3 is 2.20 bits per heavy atom. The van der Waals surface area contributed by atoms with Crippen molar-refractivity contribution in [1.29, 1.82) is 0 Å². The minimum atomic E-state index is -0.313. The Bertz CT molecular complexity index is 189. The SMILES string of the molecule is CNCC1CCC(CNC(=O)OC)CC1. The number of hydrogen-bond acceptors (Lipinski definition) is 3. The Labute approximate surface area is 91.8 Å². The standard InChI is InChI=1S/C11H22N2O2/c1-12-7-9-3-5-10(6-4-9)8-13-11(14)15-2/h9-10,12H,3-8H2,1-2H3,(H,13,14). The Hall–Kier alpha value is -0.770. The van der Waals surface area contributed by atoms with Crippen molar-refractivity contribution in [2.75, 3.05) is 27.2 Å². The van der Waals surface area contributed by atoms with Crippen LogP contribution in [0.1, 0.15) is 25.7 Å². The van der Waals surface area contributed by atoms with Gasteiger partial charge in [-0.25, -0.2) is 4.79 Å². The van der Waals surface area contributed by atoms with E-state index in [1.807, 2.05) is 7.05 Å². The Balaban J connectivity index is 2.12. The normalized spacial score (nSPS) is 26.0. The third-order valence-electron chi connectivity index (χ3n) is 3.18. The third kappa shape index (κ3) is 4.51. The van der Waals surface area contributed by atoms with Gasteiger partial charge in [0.1, 0.15) is 0 Å². The van der Waals surface area contributed by atoms with Gasteiger partial charge in [0.25, 0.3) is 0 Å². The summed E-state index contributed by atoms with van der Waals surface area (Å²) in [5.74, 6) is 1.46. The minimum Gasteiger partial charge on any atom is -0.453 e. The van der Waals surface area contributed by atoms with E-state index in [2.05, 4.69) is 15.4 Å². The lowest BCUT2D eigenvalue weighted by atomic mass is 9.82. The zero-order chi connectivity index (χ0) is 11.1. The lowest BCUT2D eigenvalue weighted by Crippen LogP contribution is -2.32. The van der Waals surface area contributed by atoms with Crippen LogP contribution in [0.5, 0.6) is 0 Å². The zero-order valence-electron chi connectivity index (χ0n) is 9.71. The summed E-state index contributed by atoms with van der Waals surface area (Å²) >= 11 is 0. The summed E-state index contributed by atoms with van der Waals surface area (Å²) in [5, 5.41) is 5.99. The minimum absolute atomic E-state index is 0.313. The molecule has 0 unspecified atom stereocenters. The van der Waals surface area contributed by atoms with Crippen molar-refractivity contribution < 1.29 is 9.53 Å². The van der Waals surface area contributed by atoms with Crippen molar-refractivity contribution in [2.24, 2.45) is 11.8 Å². The van der Waals surface area contributed by atoms with Crippen LogP contribution >= 0.6 is 0 Å². The third-order valence-corrected chi connectivity index (χ3v) is 3.18. The van der Waals surface area contributed by atoms with E-state index in [1.165, 1.54) is 32.8 Å². The highest BCUT2D eigenvalue weighted by Crippen LogP contribution is 2.27. The molecule has 0 bridgehead atoms. The second kappa shape index (κ2) is 6.67. The van der Waals surface area contributed by atoms with Crippen molar-refractivity contribution >= 4 is 6.09 Å². The van der Waals surface area contributed by atoms with Crippen molar-refractivity contribution in [3.63, 3.8) is 0 Å². The Morgan fingerprint density at radius 2 is 1.73 bits per heavy atom. The van der Waals surface area contributed by atoms with Gasteiger partial charge in [-0.2, -0.15) is 0 Å². The molecule has 0 atom stereocenters. The molecule has 1 amide bonds. The molecular formula is C11H22N2O2. The van der Waals surface area contributed by atoms with Crippen LogP contribution in [0.25, 0.3) is 0 Å².